The molecule has 0 unspecified atom stereocenters. The van der Waals surface area contributed by atoms with Crippen LogP contribution in [0.4, 0.5) is 14.5 Å². The number of carbonyl (C=O) groups is 2. The molecule has 0 aliphatic carbocycles. The molecule has 1 amide bonds. The first-order valence-electron chi connectivity index (χ1n) is 18.2. The molecule has 0 N–H and O–H groups in total. The summed E-state index contributed by atoms with van der Waals surface area (Å²) in [5.41, 5.74) is 7.08. The van der Waals surface area contributed by atoms with E-state index in [1.165, 1.54) is 41.5 Å². The number of halogens is 2. The maximum Gasteiger partial charge on any atom is 0.253 e. The molecule has 0 radical (unpaired) electrons. The van der Waals surface area contributed by atoms with Crippen LogP contribution in [0.25, 0.3) is 39.0 Å². The van der Waals surface area contributed by atoms with E-state index in [4.69, 9.17) is 4.42 Å². The van der Waals surface area contributed by atoms with Gasteiger partial charge in [0.2, 0.25) is 10.0 Å². The Morgan fingerprint density at radius 1 is 0.782 bits per heavy atom. The number of hydrogen-bond acceptors (Lipinski definition) is 5. The normalized spacial score (nSPS) is 13.2. The van der Waals surface area contributed by atoms with Crippen LogP contribution in [0.15, 0.2) is 131 Å². The van der Waals surface area contributed by atoms with Gasteiger partial charge in [-0.15, -0.1) is 0 Å². The number of sulfonamides is 1. The molecule has 0 saturated carbocycles. The molecule has 1 fully saturated rings. The van der Waals surface area contributed by atoms with Crippen LogP contribution in [0, 0.1) is 5.82 Å². The number of alkyl halides is 1. The van der Waals surface area contributed by atoms with E-state index in [1.807, 2.05) is 41.3 Å². The van der Waals surface area contributed by atoms with Crippen molar-refractivity contribution in [2.24, 2.45) is 0 Å². The van der Waals surface area contributed by atoms with Crippen LogP contribution >= 0.6 is 0 Å². The number of anilines is 1. The van der Waals surface area contributed by atoms with Gasteiger partial charge < -0.3 is 9.32 Å². The average molecular weight is 759 g/mol. The second-order valence-corrected chi connectivity index (χ2v) is 15.5. The van der Waals surface area contributed by atoms with Gasteiger partial charge in [0.1, 0.15) is 23.8 Å². The van der Waals surface area contributed by atoms with Gasteiger partial charge in [-0.3, -0.25) is 13.9 Å². The number of ketones is 1. The number of furan rings is 1. The van der Waals surface area contributed by atoms with E-state index < -0.39 is 29.1 Å². The van der Waals surface area contributed by atoms with Crippen molar-refractivity contribution in [1.29, 1.82) is 0 Å². The van der Waals surface area contributed by atoms with Gasteiger partial charge in [-0.05, 0) is 77.6 Å². The van der Waals surface area contributed by atoms with Crippen LogP contribution in [-0.2, 0) is 10.0 Å². The molecule has 1 aliphatic rings. The maximum atomic E-state index is 14.1. The SMILES string of the molecule is CCC(=O)c1c(-c2ccc(F)cc2)oc2cc(N(CCF)S(C)(=O)=O)c(-c3cccc(C(=O)N4CCC(=C(c5ccccc5)c5ccccc5)CC4)c3)cc12. The Kier molecular flexibility index (Phi) is 10.8. The zero-order valence-corrected chi connectivity index (χ0v) is 31.4. The number of amides is 1. The predicted molar refractivity (Wildman–Crippen MR) is 214 cm³/mol. The third-order valence-electron chi connectivity index (χ3n) is 10.0. The summed E-state index contributed by atoms with van der Waals surface area (Å²) in [4.78, 5) is 29.4. The fourth-order valence-corrected chi connectivity index (χ4v) is 8.30. The number of likely N-dealkylation sites (tertiary alicyclic amines) is 1. The van der Waals surface area contributed by atoms with E-state index in [1.54, 1.807) is 37.3 Å². The number of rotatable bonds is 11. The van der Waals surface area contributed by atoms with Gasteiger partial charge >= 0.3 is 0 Å². The number of piperidine rings is 1. The van der Waals surface area contributed by atoms with Gasteiger partial charge in [0.25, 0.3) is 5.91 Å². The van der Waals surface area contributed by atoms with E-state index in [0.29, 0.717) is 53.6 Å². The lowest BCUT2D eigenvalue weighted by molar-refractivity contribution is 0.0743. The molecule has 1 saturated heterocycles. The van der Waals surface area contributed by atoms with Crippen LogP contribution in [0.1, 0.15) is 58.0 Å². The Labute approximate surface area is 319 Å². The van der Waals surface area contributed by atoms with Gasteiger partial charge in [0.15, 0.2) is 5.78 Å². The van der Waals surface area contributed by atoms with Gasteiger partial charge in [-0.1, -0.05) is 85.3 Å². The highest BCUT2D eigenvalue weighted by molar-refractivity contribution is 7.92. The number of nitrogens with zero attached hydrogens (tertiary/aromatic N) is 2. The summed E-state index contributed by atoms with van der Waals surface area (Å²) in [6, 6.07) is 36.1. The number of fused-ring (bicyclic) bond motifs is 1. The topological polar surface area (TPSA) is 87.9 Å². The second kappa shape index (κ2) is 15.8. The van der Waals surface area contributed by atoms with Crippen molar-refractivity contribution in [3.8, 4) is 22.5 Å². The summed E-state index contributed by atoms with van der Waals surface area (Å²) < 4.78 is 61.3. The van der Waals surface area contributed by atoms with E-state index in [-0.39, 0.29) is 40.7 Å². The molecule has 280 valence electrons. The zero-order valence-electron chi connectivity index (χ0n) is 30.6. The Balaban J connectivity index is 1.29. The van der Waals surface area contributed by atoms with Crippen molar-refractivity contribution in [2.75, 3.05) is 36.9 Å². The third kappa shape index (κ3) is 7.73. The van der Waals surface area contributed by atoms with Crippen molar-refractivity contribution in [2.45, 2.75) is 26.2 Å². The maximum absolute atomic E-state index is 14.1. The average Bonchev–Trinajstić information content (AvgIpc) is 3.58. The highest BCUT2D eigenvalue weighted by Crippen LogP contribution is 2.42. The van der Waals surface area contributed by atoms with E-state index >= 15 is 0 Å². The van der Waals surface area contributed by atoms with Crippen molar-refractivity contribution >= 4 is 43.9 Å². The quantitative estimate of drug-likeness (QED) is 0.123. The molecule has 5 aromatic carbocycles. The first-order chi connectivity index (χ1) is 26.6. The van der Waals surface area contributed by atoms with E-state index in [0.717, 1.165) is 21.7 Å². The third-order valence-corrected chi connectivity index (χ3v) is 11.2. The summed E-state index contributed by atoms with van der Waals surface area (Å²) in [6.07, 6.45) is 2.53. The highest BCUT2D eigenvalue weighted by Gasteiger charge is 2.28. The molecule has 10 heteroatoms. The predicted octanol–water partition coefficient (Wildman–Crippen LogP) is 9.97. The fraction of sp³-hybridized carbons (Fsp3) is 0.200. The number of carbonyl (C=O) groups excluding carboxylic acids is 2. The number of hydrogen-bond donors (Lipinski definition) is 0. The zero-order chi connectivity index (χ0) is 38.7. The van der Waals surface area contributed by atoms with Gasteiger partial charge in [0, 0.05) is 47.7 Å². The molecule has 1 aromatic heterocycles. The Hall–Kier alpha value is -5.87. The molecule has 7 rings (SSSR count). The molecule has 0 spiro atoms. The van der Waals surface area contributed by atoms with Crippen LogP contribution in [0.2, 0.25) is 0 Å². The summed E-state index contributed by atoms with van der Waals surface area (Å²) in [5.74, 6) is -0.642. The Morgan fingerprint density at radius 2 is 1.40 bits per heavy atom. The van der Waals surface area contributed by atoms with Crippen LogP contribution in [0.5, 0.6) is 0 Å². The second-order valence-electron chi connectivity index (χ2n) is 13.6. The molecular weight excluding hydrogens is 719 g/mol. The minimum atomic E-state index is -3.99. The van der Waals surface area contributed by atoms with E-state index in [9.17, 15) is 26.8 Å². The summed E-state index contributed by atoms with van der Waals surface area (Å²) in [5, 5.41) is 0.415. The van der Waals surface area contributed by atoms with Crippen molar-refractivity contribution in [3.63, 3.8) is 0 Å². The standard InChI is InChI=1S/C45H40F2N2O5S/c1-3-40(50)43-38-28-37(39(49(26-23-46)55(2,52)53)29-41(38)54-44(43)33-17-19-36(47)20-18-33)34-15-10-16-35(27-34)45(51)48-24-21-32(22-25-48)42(30-11-6-4-7-12-30)31-13-8-5-9-14-31/h4-20,27-29H,3,21-26H2,1-2H3. The van der Waals surface area contributed by atoms with Crippen LogP contribution in [-0.4, -0.2) is 57.6 Å². The van der Waals surface area contributed by atoms with Crippen molar-refractivity contribution < 1.29 is 31.2 Å². The monoisotopic (exact) mass is 758 g/mol. The van der Waals surface area contributed by atoms with Gasteiger partial charge in [-0.25, -0.2) is 17.2 Å². The van der Waals surface area contributed by atoms with Crippen LogP contribution < -0.4 is 4.31 Å². The Morgan fingerprint density at radius 3 is 1.98 bits per heavy atom. The number of Topliss-reactive ketones (excluding diaryl/α,β-unsaturated/α-hetero) is 1. The van der Waals surface area contributed by atoms with Gasteiger partial charge in [-0.2, -0.15) is 0 Å². The molecule has 55 heavy (non-hydrogen) atoms. The minimum Gasteiger partial charge on any atom is -0.455 e. The summed E-state index contributed by atoms with van der Waals surface area (Å²) in [6.45, 7) is 1.33. The minimum absolute atomic E-state index is 0.134. The first-order valence-corrected chi connectivity index (χ1v) is 20.1. The fourth-order valence-electron chi connectivity index (χ4n) is 7.39. The lowest BCUT2D eigenvalue weighted by Crippen LogP contribution is -2.36. The number of benzene rings is 5. The van der Waals surface area contributed by atoms with Crippen molar-refractivity contribution in [1.82, 2.24) is 4.90 Å². The molecule has 6 aromatic rings. The van der Waals surface area contributed by atoms with Gasteiger partial charge in [0.05, 0.1) is 24.1 Å². The smallest absolute Gasteiger partial charge is 0.253 e. The van der Waals surface area contributed by atoms with E-state index in [2.05, 4.69) is 24.3 Å². The van der Waals surface area contributed by atoms with Crippen LogP contribution in [0.3, 0.4) is 0 Å². The highest BCUT2D eigenvalue weighted by atomic mass is 32.2. The molecule has 2 heterocycles. The lowest BCUT2D eigenvalue weighted by atomic mass is 9.88. The summed E-state index contributed by atoms with van der Waals surface area (Å²) >= 11 is 0. The summed E-state index contributed by atoms with van der Waals surface area (Å²) in [7, 11) is -3.99. The molecule has 0 bridgehead atoms. The molecular formula is C45H40F2N2O5S. The lowest BCUT2D eigenvalue weighted by Gasteiger charge is -2.30. The molecule has 7 nitrogen and oxygen atoms in total. The molecule has 0 atom stereocenters. The first kappa shape index (κ1) is 37.4. The molecule has 1 aliphatic heterocycles. The largest absolute Gasteiger partial charge is 0.455 e. The van der Waals surface area contributed by atoms with Crippen molar-refractivity contribution in [3.05, 3.63) is 155 Å². The Bertz CT molecular complexity index is 2460.